The van der Waals surface area contributed by atoms with Crippen LogP contribution in [-0.4, -0.2) is 47.1 Å². The summed E-state index contributed by atoms with van der Waals surface area (Å²) in [5, 5.41) is 11.3. The highest BCUT2D eigenvalue weighted by atomic mass is 15.4. The van der Waals surface area contributed by atoms with E-state index in [-0.39, 0.29) is 0 Å². The van der Waals surface area contributed by atoms with Crippen molar-refractivity contribution in [3.05, 3.63) is 11.9 Å². The first-order valence-corrected chi connectivity index (χ1v) is 6.13. The van der Waals surface area contributed by atoms with Crippen molar-refractivity contribution >= 4 is 0 Å². The summed E-state index contributed by atoms with van der Waals surface area (Å²) >= 11 is 0. The standard InChI is InChI=1S/C12H25N5/c1-12(2,3)10-16(5)6-7-17-9-11(8-13-4)14-15-17/h9,13H,6-8,10H2,1-5H3. The van der Waals surface area contributed by atoms with Crippen LogP contribution in [0, 0.1) is 5.41 Å². The third kappa shape index (κ3) is 5.79. The molecule has 0 saturated heterocycles. The molecule has 0 unspecified atom stereocenters. The molecule has 1 aromatic rings. The van der Waals surface area contributed by atoms with Gasteiger partial charge < -0.3 is 10.2 Å². The first-order chi connectivity index (χ1) is 7.90. The number of hydrogen-bond donors (Lipinski definition) is 1. The van der Waals surface area contributed by atoms with Gasteiger partial charge in [-0.3, -0.25) is 4.68 Å². The molecule has 0 bridgehead atoms. The predicted molar refractivity (Wildman–Crippen MR) is 69.7 cm³/mol. The second-order valence-electron chi connectivity index (χ2n) is 5.80. The van der Waals surface area contributed by atoms with Gasteiger partial charge in [-0.1, -0.05) is 26.0 Å². The molecule has 0 aliphatic rings. The molecule has 0 radical (unpaired) electrons. The Bertz CT molecular complexity index is 326. The van der Waals surface area contributed by atoms with Gasteiger partial charge in [0.2, 0.25) is 0 Å². The van der Waals surface area contributed by atoms with E-state index in [1.165, 1.54) is 0 Å². The first kappa shape index (κ1) is 14.1. The summed E-state index contributed by atoms with van der Waals surface area (Å²) in [5.74, 6) is 0. The average molecular weight is 239 g/mol. The first-order valence-electron chi connectivity index (χ1n) is 6.13. The Balaban J connectivity index is 2.34. The summed E-state index contributed by atoms with van der Waals surface area (Å²) in [6.07, 6.45) is 2.00. The summed E-state index contributed by atoms with van der Waals surface area (Å²) in [6.45, 7) is 10.5. The highest BCUT2D eigenvalue weighted by molar-refractivity contribution is 4.91. The Morgan fingerprint density at radius 1 is 1.41 bits per heavy atom. The lowest BCUT2D eigenvalue weighted by Crippen LogP contribution is -2.31. The fraction of sp³-hybridized carbons (Fsp3) is 0.833. The maximum Gasteiger partial charge on any atom is 0.0964 e. The molecule has 1 aromatic heterocycles. The quantitative estimate of drug-likeness (QED) is 0.803. The number of likely N-dealkylation sites (N-methyl/N-ethyl adjacent to an activating group) is 1. The molecule has 0 atom stereocenters. The second kappa shape index (κ2) is 6.12. The minimum absolute atomic E-state index is 0.342. The van der Waals surface area contributed by atoms with E-state index in [2.05, 4.69) is 48.3 Å². The van der Waals surface area contributed by atoms with Gasteiger partial charge in [-0.15, -0.1) is 5.10 Å². The van der Waals surface area contributed by atoms with E-state index in [0.29, 0.717) is 5.41 Å². The van der Waals surface area contributed by atoms with Gasteiger partial charge in [0.25, 0.3) is 0 Å². The van der Waals surface area contributed by atoms with Crippen LogP contribution in [0.4, 0.5) is 0 Å². The van der Waals surface area contributed by atoms with Gasteiger partial charge in [0.05, 0.1) is 12.2 Å². The van der Waals surface area contributed by atoms with E-state index in [9.17, 15) is 0 Å². The number of nitrogens with one attached hydrogen (secondary N) is 1. The van der Waals surface area contributed by atoms with Gasteiger partial charge >= 0.3 is 0 Å². The van der Waals surface area contributed by atoms with E-state index in [0.717, 1.165) is 31.9 Å². The van der Waals surface area contributed by atoms with Crippen molar-refractivity contribution in [3.63, 3.8) is 0 Å². The zero-order valence-corrected chi connectivity index (χ0v) is 11.7. The fourth-order valence-electron chi connectivity index (χ4n) is 1.87. The van der Waals surface area contributed by atoms with Crippen LogP contribution in [0.5, 0.6) is 0 Å². The van der Waals surface area contributed by atoms with Gasteiger partial charge in [-0.2, -0.15) is 0 Å². The SMILES string of the molecule is CNCc1cn(CCN(C)CC(C)(C)C)nn1. The molecule has 17 heavy (non-hydrogen) atoms. The minimum Gasteiger partial charge on any atom is -0.314 e. The van der Waals surface area contributed by atoms with E-state index in [4.69, 9.17) is 0 Å². The number of hydrogen-bond acceptors (Lipinski definition) is 4. The fourth-order valence-corrected chi connectivity index (χ4v) is 1.87. The van der Waals surface area contributed by atoms with Crippen LogP contribution in [0.3, 0.4) is 0 Å². The predicted octanol–water partition coefficient (Wildman–Crippen LogP) is 0.975. The van der Waals surface area contributed by atoms with E-state index >= 15 is 0 Å². The molecule has 98 valence electrons. The van der Waals surface area contributed by atoms with Crippen LogP contribution in [0.1, 0.15) is 26.5 Å². The molecule has 0 aliphatic carbocycles. The summed E-state index contributed by atoms with van der Waals surface area (Å²) in [6, 6.07) is 0. The highest BCUT2D eigenvalue weighted by Crippen LogP contribution is 2.13. The van der Waals surface area contributed by atoms with Gasteiger partial charge in [0.1, 0.15) is 0 Å². The number of nitrogens with zero attached hydrogens (tertiary/aromatic N) is 4. The van der Waals surface area contributed by atoms with Crippen LogP contribution in [0.25, 0.3) is 0 Å². The summed E-state index contributed by atoms with van der Waals surface area (Å²) in [4.78, 5) is 2.33. The molecule has 0 spiro atoms. The molecule has 0 fully saturated rings. The Labute approximate surface area is 104 Å². The maximum absolute atomic E-state index is 4.10. The second-order valence-corrected chi connectivity index (χ2v) is 5.80. The topological polar surface area (TPSA) is 46.0 Å². The van der Waals surface area contributed by atoms with Crippen molar-refractivity contribution < 1.29 is 0 Å². The third-order valence-electron chi connectivity index (χ3n) is 2.40. The van der Waals surface area contributed by atoms with Crippen molar-refractivity contribution in [2.45, 2.75) is 33.9 Å². The average Bonchev–Trinajstić information content (AvgIpc) is 2.61. The molecular weight excluding hydrogens is 214 g/mol. The lowest BCUT2D eigenvalue weighted by Gasteiger charge is -2.26. The molecule has 1 heterocycles. The third-order valence-corrected chi connectivity index (χ3v) is 2.40. The normalized spacial score (nSPS) is 12.4. The summed E-state index contributed by atoms with van der Waals surface area (Å²) in [7, 11) is 4.06. The van der Waals surface area contributed by atoms with Crippen LogP contribution in [0.15, 0.2) is 6.20 Å². The zero-order valence-electron chi connectivity index (χ0n) is 11.7. The van der Waals surface area contributed by atoms with Crippen molar-refractivity contribution in [2.75, 3.05) is 27.2 Å². The molecule has 0 amide bonds. The van der Waals surface area contributed by atoms with E-state index in [1.54, 1.807) is 0 Å². The van der Waals surface area contributed by atoms with Gasteiger partial charge in [0.15, 0.2) is 0 Å². The molecule has 5 nitrogen and oxygen atoms in total. The largest absolute Gasteiger partial charge is 0.314 e. The van der Waals surface area contributed by atoms with E-state index in [1.807, 2.05) is 17.9 Å². The molecule has 1 rings (SSSR count). The smallest absolute Gasteiger partial charge is 0.0964 e. The number of rotatable bonds is 6. The monoisotopic (exact) mass is 239 g/mol. The van der Waals surface area contributed by atoms with E-state index < -0.39 is 0 Å². The molecule has 0 saturated carbocycles. The summed E-state index contributed by atoms with van der Waals surface area (Å²) in [5.41, 5.74) is 1.33. The van der Waals surface area contributed by atoms with Crippen LogP contribution >= 0.6 is 0 Å². The van der Waals surface area contributed by atoms with Crippen molar-refractivity contribution in [1.82, 2.24) is 25.2 Å². The molecule has 1 N–H and O–H groups in total. The van der Waals surface area contributed by atoms with Crippen LogP contribution in [0.2, 0.25) is 0 Å². The molecule has 0 aromatic carbocycles. The van der Waals surface area contributed by atoms with Crippen molar-refractivity contribution in [2.24, 2.45) is 5.41 Å². The Hall–Kier alpha value is -0.940. The van der Waals surface area contributed by atoms with Crippen molar-refractivity contribution in [3.8, 4) is 0 Å². The molecule has 5 heteroatoms. The maximum atomic E-state index is 4.10. The lowest BCUT2D eigenvalue weighted by molar-refractivity contribution is 0.218. The minimum atomic E-state index is 0.342. The Morgan fingerprint density at radius 2 is 2.12 bits per heavy atom. The molecule has 0 aliphatic heterocycles. The van der Waals surface area contributed by atoms with Crippen LogP contribution < -0.4 is 5.32 Å². The van der Waals surface area contributed by atoms with Gasteiger partial charge in [-0.25, -0.2) is 0 Å². The van der Waals surface area contributed by atoms with Crippen molar-refractivity contribution in [1.29, 1.82) is 0 Å². The Morgan fingerprint density at radius 3 is 2.71 bits per heavy atom. The zero-order chi connectivity index (χ0) is 12.9. The van der Waals surface area contributed by atoms with Crippen LogP contribution in [-0.2, 0) is 13.1 Å². The summed E-state index contributed by atoms with van der Waals surface area (Å²) < 4.78 is 1.91. The van der Waals surface area contributed by atoms with Gasteiger partial charge in [0, 0.05) is 25.8 Å². The van der Waals surface area contributed by atoms with Gasteiger partial charge in [-0.05, 0) is 19.5 Å². The lowest BCUT2D eigenvalue weighted by atomic mass is 9.96. The number of aromatic nitrogens is 3. The Kier molecular flexibility index (Phi) is 5.08. The molecular formula is C12H25N5. The highest BCUT2D eigenvalue weighted by Gasteiger charge is 2.13.